The molecule has 0 bridgehead atoms. The minimum Gasteiger partial charge on any atom is -0.347 e. The standard InChI is InChI=1S/C12H11BrN2OS2/c1-7(13)6-14-11(16)10-8(2)15-12(18-10)9-4-3-5-17-9/h3-5H,1,6H2,2H3,(H,14,16). The van der Waals surface area contributed by atoms with E-state index in [0.29, 0.717) is 11.4 Å². The number of nitrogens with one attached hydrogen (secondary N) is 1. The second-order valence-electron chi connectivity index (χ2n) is 3.61. The summed E-state index contributed by atoms with van der Waals surface area (Å²) in [5.41, 5.74) is 0.765. The van der Waals surface area contributed by atoms with E-state index in [-0.39, 0.29) is 5.91 Å². The predicted molar refractivity (Wildman–Crippen MR) is 80.6 cm³/mol. The number of aryl methyl sites for hydroxylation is 1. The van der Waals surface area contributed by atoms with E-state index in [4.69, 9.17) is 0 Å². The number of thiophene rings is 1. The molecule has 2 aromatic heterocycles. The highest BCUT2D eigenvalue weighted by Gasteiger charge is 2.16. The molecule has 2 heterocycles. The summed E-state index contributed by atoms with van der Waals surface area (Å²) in [5.74, 6) is -0.103. The molecule has 0 atom stereocenters. The number of amides is 1. The number of thiazole rings is 1. The van der Waals surface area contributed by atoms with Gasteiger partial charge in [0, 0.05) is 11.0 Å². The zero-order chi connectivity index (χ0) is 13.1. The summed E-state index contributed by atoms with van der Waals surface area (Å²) in [6.45, 7) is 5.95. The molecule has 0 aliphatic rings. The van der Waals surface area contributed by atoms with Crippen molar-refractivity contribution in [2.75, 3.05) is 6.54 Å². The molecule has 0 aliphatic carbocycles. The summed E-state index contributed by atoms with van der Waals surface area (Å²) in [5, 5.41) is 5.68. The third-order valence-electron chi connectivity index (χ3n) is 2.18. The Morgan fingerprint density at radius 1 is 1.61 bits per heavy atom. The summed E-state index contributed by atoms with van der Waals surface area (Å²) < 4.78 is 0.747. The number of hydrogen-bond donors (Lipinski definition) is 1. The number of hydrogen-bond acceptors (Lipinski definition) is 4. The van der Waals surface area contributed by atoms with Crippen molar-refractivity contribution < 1.29 is 4.79 Å². The molecule has 18 heavy (non-hydrogen) atoms. The first-order valence-electron chi connectivity index (χ1n) is 5.20. The molecule has 1 amide bonds. The molecule has 0 aliphatic heterocycles. The van der Waals surface area contributed by atoms with Crippen LogP contribution in [-0.2, 0) is 0 Å². The highest BCUT2D eigenvalue weighted by atomic mass is 79.9. The van der Waals surface area contributed by atoms with E-state index in [1.807, 2.05) is 24.4 Å². The predicted octanol–water partition coefficient (Wildman–Crippen LogP) is 3.82. The maximum Gasteiger partial charge on any atom is 0.263 e. The van der Waals surface area contributed by atoms with Crippen LogP contribution in [0.2, 0.25) is 0 Å². The van der Waals surface area contributed by atoms with Gasteiger partial charge in [0.25, 0.3) is 5.91 Å². The lowest BCUT2D eigenvalue weighted by Gasteiger charge is -2.01. The van der Waals surface area contributed by atoms with Crippen LogP contribution < -0.4 is 5.32 Å². The maximum atomic E-state index is 12.0. The minimum absolute atomic E-state index is 0.103. The van der Waals surface area contributed by atoms with Gasteiger partial charge in [0.1, 0.15) is 9.88 Å². The first kappa shape index (κ1) is 13.5. The number of aromatic nitrogens is 1. The van der Waals surface area contributed by atoms with E-state index >= 15 is 0 Å². The van der Waals surface area contributed by atoms with E-state index in [2.05, 4.69) is 32.8 Å². The summed E-state index contributed by atoms with van der Waals surface area (Å²) in [6, 6.07) is 3.98. The van der Waals surface area contributed by atoms with Crippen LogP contribution in [0.15, 0.2) is 28.6 Å². The second-order valence-corrected chi connectivity index (χ2v) is 6.68. The fourth-order valence-electron chi connectivity index (χ4n) is 1.37. The van der Waals surface area contributed by atoms with Crippen molar-refractivity contribution in [3.05, 3.63) is 39.1 Å². The Balaban J connectivity index is 2.19. The molecular formula is C12H11BrN2OS2. The molecule has 0 unspecified atom stereocenters. The van der Waals surface area contributed by atoms with E-state index in [1.54, 1.807) is 11.3 Å². The maximum absolute atomic E-state index is 12.0. The molecule has 0 fully saturated rings. The fourth-order valence-corrected chi connectivity index (χ4v) is 3.29. The van der Waals surface area contributed by atoms with Gasteiger partial charge in [0.15, 0.2) is 0 Å². The summed E-state index contributed by atoms with van der Waals surface area (Å²) in [4.78, 5) is 18.1. The van der Waals surface area contributed by atoms with E-state index < -0.39 is 0 Å². The van der Waals surface area contributed by atoms with E-state index in [1.165, 1.54) is 11.3 Å². The van der Waals surface area contributed by atoms with Gasteiger partial charge in [-0.2, -0.15) is 0 Å². The van der Waals surface area contributed by atoms with Crippen LogP contribution in [0.3, 0.4) is 0 Å². The monoisotopic (exact) mass is 342 g/mol. The van der Waals surface area contributed by atoms with E-state index in [0.717, 1.165) is 20.1 Å². The van der Waals surface area contributed by atoms with Gasteiger partial charge in [0.05, 0.1) is 10.6 Å². The Bertz CT molecular complexity index is 575. The number of carbonyl (C=O) groups excluding carboxylic acids is 1. The highest BCUT2D eigenvalue weighted by Crippen LogP contribution is 2.30. The Labute approximate surface area is 122 Å². The molecule has 0 saturated heterocycles. The Kier molecular flexibility index (Phi) is 4.31. The SMILES string of the molecule is C=C(Br)CNC(=O)c1sc(-c2cccs2)nc1C. The van der Waals surface area contributed by atoms with Crippen molar-refractivity contribution in [3.8, 4) is 9.88 Å². The van der Waals surface area contributed by atoms with Crippen molar-refractivity contribution >= 4 is 44.5 Å². The van der Waals surface area contributed by atoms with Gasteiger partial charge < -0.3 is 5.32 Å². The zero-order valence-electron chi connectivity index (χ0n) is 9.70. The first-order chi connectivity index (χ1) is 8.58. The van der Waals surface area contributed by atoms with Crippen LogP contribution in [0.1, 0.15) is 15.4 Å². The molecule has 1 N–H and O–H groups in total. The number of carbonyl (C=O) groups is 1. The van der Waals surface area contributed by atoms with Crippen LogP contribution in [0.4, 0.5) is 0 Å². The van der Waals surface area contributed by atoms with Crippen molar-refractivity contribution in [2.24, 2.45) is 0 Å². The number of halogens is 1. The number of nitrogens with zero attached hydrogens (tertiary/aromatic N) is 1. The molecule has 2 aromatic rings. The highest BCUT2D eigenvalue weighted by molar-refractivity contribution is 9.11. The smallest absolute Gasteiger partial charge is 0.263 e. The average Bonchev–Trinajstić information content (AvgIpc) is 2.94. The van der Waals surface area contributed by atoms with Crippen LogP contribution in [0.5, 0.6) is 0 Å². The van der Waals surface area contributed by atoms with Gasteiger partial charge in [-0.25, -0.2) is 4.98 Å². The Morgan fingerprint density at radius 2 is 2.39 bits per heavy atom. The van der Waals surface area contributed by atoms with Crippen molar-refractivity contribution in [1.82, 2.24) is 10.3 Å². The third-order valence-corrected chi connectivity index (χ3v) is 4.65. The molecule has 94 valence electrons. The molecule has 6 heteroatoms. The molecule has 0 aromatic carbocycles. The number of rotatable bonds is 4. The topological polar surface area (TPSA) is 42.0 Å². The summed E-state index contributed by atoms with van der Waals surface area (Å²) >= 11 is 6.25. The lowest BCUT2D eigenvalue weighted by molar-refractivity contribution is 0.0961. The van der Waals surface area contributed by atoms with Gasteiger partial charge in [0.2, 0.25) is 0 Å². The summed E-state index contributed by atoms with van der Waals surface area (Å²) in [7, 11) is 0. The van der Waals surface area contributed by atoms with Gasteiger partial charge >= 0.3 is 0 Å². The van der Waals surface area contributed by atoms with Crippen LogP contribution in [0, 0.1) is 6.92 Å². The molecule has 0 saturated carbocycles. The fraction of sp³-hybridized carbons (Fsp3) is 0.167. The Hall–Kier alpha value is -0.980. The lowest BCUT2D eigenvalue weighted by Crippen LogP contribution is -2.24. The van der Waals surface area contributed by atoms with Gasteiger partial charge in [-0.3, -0.25) is 4.79 Å². The second kappa shape index (κ2) is 5.77. The van der Waals surface area contributed by atoms with Gasteiger partial charge in [-0.15, -0.1) is 22.7 Å². The van der Waals surface area contributed by atoms with Crippen LogP contribution >= 0.6 is 38.6 Å². The quantitative estimate of drug-likeness (QED) is 0.917. The van der Waals surface area contributed by atoms with Gasteiger partial charge in [-0.1, -0.05) is 28.6 Å². The lowest BCUT2D eigenvalue weighted by atomic mass is 10.3. The molecule has 0 radical (unpaired) electrons. The first-order valence-corrected chi connectivity index (χ1v) is 7.69. The van der Waals surface area contributed by atoms with Crippen molar-refractivity contribution in [2.45, 2.75) is 6.92 Å². The zero-order valence-corrected chi connectivity index (χ0v) is 12.9. The minimum atomic E-state index is -0.103. The van der Waals surface area contributed by atoms with Crippen LogP contribution in [-0.4, -0.2) is 17.4 Å². The average molecular weight is 343 g/mol. The van der Waals surface area contributed by atoms with Crippen molar-refractivity contribution in [1.29, 1.82) is 0 Å². The third kappa shape index (κ3) is 3.07. The van der Waals surface area contributed by atoms with Crippen LogP contribution in [0.25, 0.3) is 9.88 Å². The summed E-state index contributed by atoms with van der Waals surface area (Å²) in [6.07, 6.45) is 0. The largest absolute Gasteiger partial charge is 0.347 e. The molecular weight excluding hydrogens is 332 g/mol. The molecule has 0 spiro atoms. The molecule has 2 rings (SSSR count). The normalized spacial score (nSPS) is 10.3. The van der Waals surface area contributed by atoms with E-state index in [9.17, 15) is 4.79 Å². The Morgan fingerprint density at radius 3 is 3.00 bits per heavy atom. The van der Waals surface area contributed by atoms with Crippen molar-refractivity contribution in [3.63, 3.8) is 0 Å². The molecule has 3 nitrogen and oxygen atoms in total. The van der Waals surface area contributed by atoms with Gasteiger partial charge in [-0.05, 0) is 18.4 Å².